The van der Waals surface area contributed by atoms with Crippen molar-refractivity contribution >= 4 is 0 Å². The van der Waals surface area contributed by atoms with Crippen LogP contribution in [0.25, 0.3) is 0 Å². The Morgan fingerprint density at radius 1 is 1.40 bits per heavy atom. The van der Waals surface area contributed by atoms with Crippen molar-refractivity contribution in [2.24, 2.45) is 0 Å². The third-order valence-electron chi connectivity index (χ3n) is 1.77. The summed E-state index contributed by atoms with van der Waals surface area (Å²) in [4.78, 5) is 2.15. The Morgan fingerprint density at radius 3 is 1.90 bits per heavy atom. The van der Waals surface area contributed by atoms with E-state index in [0.717, 1.165) is 5.70 Å². The molecule has 0 N–H and O–H groups in total. The summed E-state index contributed by atoms with van der Waals surface area (Å²) in [6.07, 6.45) is 0. The average Bonchev–Trinajstić information content (AvgIpc) is 1.83. The highest BCUT2D eigenvalue weighted by Crippen LogP contribution is 2.14. The molecule has 0 bridgehead atoms. The highest BCUT2D eigenvalue weighted by Gasteiger charge is 2.15. The molecule has 0 aliphatic heterocycles. The zero-order chi connectivity index (χ0) is 8.36. The van der Waals surface area contributed by atoms with Crippen molar-refractivity contribution in [1.29, 1.82) is 0 Å². The number of hydrogen-bond acceptors (Lipinski definition) is 1. The van der Waals surface area contributed by atoms with E-state index in [1.165, 1.54) is 0 Å². The predicted molar refractivity (Wildman–Crippen MR) is 45.8 cm³/mol. The van der Waals surface area contributed by atoms with Gasteiger partial charge in [-0.1, -0.05) is 6.58 Å². The van der Waals surface area contributed by atoms with Crippen LogP contribution in [0.3, 0.4) is 0 Å². The van der Waals surface area contributed by atoms with Gasteiger partial charge in [0, 0.05) is 12.6 Å². The molecule has 0 atom stereocenters. The zero-order valence-corrected chi connectivity index (χ0v) is 7.65. The van der Waals surface area contributed by atoms with Crippen molar-refractivity contribution in [2.75, 3.05) is 7.05 Å². The van der Waals surface area contributed by atoms with E-state index in [0.29, 0.717) is 0 Å². The molecule has 0 amide bonds. The molecular weight excluding hydrogens is 122 g/mol. The Hall–Kier alpha value is -0.680. The summed E-state index contributed by atoms with van der Waals surface area (Å²) in [6, 6.07) is 0. The van der Waals surface area contributed by atoms with Crippen molar-refractivity contribution in [3.05, 3.63) is 18.0 Å². The quantitative estimate of drug-likeness (QED) is 0.504. The first-order valence-electron chi connectivity index (χ1n) is 3.50. The summed E-state index contributed by atoms with van der Waals surface area (Å²) in [5, 5.41) is 0. The SMILES string of the molecule is C=C=C(C)N(C)C(C)(C)C. The van der Waals surface area contributed by atoms with Gasteiger partial charge in [0.1, 0.15) is 0 Å². The lowest BCUT2D eigenvalue weighted by Gasteiger charge is -2.33. The van der Waals surface area contributed by atoms with Crippen LogP contribution in [0.2, 0.25) is 0 Å². The summed E-state index contributed by atoms with van der Waals surface area (Å²) < 4.78 is 0. The molecule has 1 heteroatoms. The van der Waals surface area contributed by atoms with Crippen LogP contribution in [-0.2, 0) is 0 Å². The molecule has 0 aliphatic carbocycles. The third kappa shape index (κ3) is 2.28. The molecule has 0 aliphatic rings. The summed E-state index contributed by atoms with van der Waals surface area (Å²) in [5.41, 5.74) is 4.13. The van der Waals surface area contributed by atoms with Crippen LogP contribution in [0.4, 0.5) is 0 Å². The van der Waals surface area contributed by atoms with Gasteiger partial charge in [0.15, 0.2) is 0 Å². The number of rotatable bonds is 1. The molecule has 0 saturated carbocycles. The number of allylic oxidation sites excluding steroid dienone is 1. The lowest BCUT2D eigenvalue weighted by atomic mass is 10.1. The molecule has 0 fully saturated rings. The summed E-state index contributed by atoms with van der Waals surface area (Å²) in [5.74, 6) is 0. The van der Waals surface area contributed by atoms with E-state index < -0.39 is 0 Å². The Kier molecular flexibility index (Phi) is 2.74. The second-order valence-electron chi connectivity index (χ2n) is 3.49. The highest BCUT2D eigenvalue weighted by atomic mass is 15.2. The van der Waals surface area contributed by atoms with E-state index in [2.05, 4.69) is 38.0 Å². The van der Waals surface area contributed by atoms with Crippen molar-refractivity contribution < 1.29 is 0 Å². The molecule has 0 spiro atoms. The van der Waals surface area contributed by atoms with Gasteiger partial charge in [-0.25, -0.2) is 0 Å². The minimum Gasteiger partial charge on any atom is -0.367 e. The monoisotopic (exact) mass is 139 g/mol. The zero-order valence-electron chi connectivity index (χ0n) is 7.65. The van der Waals surface area contributed by atoms with Gasteiger partial charge in [-0.05, 0) is 27.7 Å². The topological polar surface area (TPSA) is 3.24 Å². The Balaban J connectivity index is 4.37. The van der Waals surface area contributed by atoms with E-state index in [1.807, 2.05) is 14.0 Å². The molecule has 0 radical (unpaired) electrons. The lowest BCUT2D eigenvalue weighted by molar-refractivity contribution is 0.229. The number of nitrogens with zero attached hydrogens (tertiary/aromatic N) is 1. The molecule has 0 aromatic carbocycles. The molecule has 0 aromatic heterocycles. The molecule has 0 heterocycles. The van der Waals surface area contributed by atoms with Crippen LogP contribution < -0.4 is 0 Å². The standard InChI is InChI=1S/C9H17N/c1-7-8(2)10(6)9(3,4)5/h1H2,2-6H3. The van der Waals surface area contributed by atoms with Crippen LogP contribution in [-0.4, -0.2) is 17.5 Å². The maximum atomic E-state index is 3.59. The van der Waals surface area contributed by atoms with Gasteiger partial charge < -0.3 is 4.90 Å². The van der Waals surface area contributed by atoms with Gasteiger partial charge in [-0.15, -0.1) is 5.73 Å². The number of hydrogen-bond donors (Lipinski definition) is 0. The molecule has 58 valence electrons. The van der Waals surface area contributed by atoms with Crippen LogP contribution >= 0.6 is 0 Å². The van der Waals surface area contributed by atoms with Gasteiger partial charge in [-0.2, -0.15) is 0 Å². The van der Waals surface area contributed by atoms with Crippen molar-refractivity contribution in [3.63, 3.8) is 0 Å². The smallest absolute Gasteiger partial charge is 0.0528 e. The van der Waals surface area contributed by atoms with E-state index in [9.17, 15) is 0 Å². The van der Waals surface area contributed by atoms with E-state index in [-0.39, 0.29) is 5.54 Å². The van der Waals surface area contributed by atoms with Crippen LogP contribution in [0, 0.1) is 0 Å². The minimum atomic E-state index is 0.175. The predicted octanol–water partition coefficient (Wildman–Crippen LogP) is 2.41. The first-order valence-corrected chi connectivity index (χ1v) is 3.50. The first-order chi connectivity index (χ1) is 4.39. The largest absolute Gasteiger partial charge is 0.367 e. The van der Waals surface area contributed by atoms with Gasteiger partial charge in [0.05, 0.1) is 5.70 Å². The van der Waals surface area contributed by atoms with Gasteiger partial charge >= 0.3 is 0 Å². The van der Waals surface area contributed by atoms with E-state index >= 15 is 0 Å². The minimum absolute atomic E-state index is 0.175. The Labute approximate surface area is 64.0 Å². The van der Waals surface area contributed by atoms with E-state index in [4.69, 9.17) is 0 Å². The normalized spacial score (nSPS) is 10.5. The summed E-state index contributed by atoms with van der Waals surface area (Å²) >= 11 is 0. The van der Waals surface area contributed by atoms with E-state index in [1.54, 1.807) is 0 Å². The fourth-order valence-corrected chi connectivity index (χ4v) is 0.622. The molecule has 10 heavy (non-hydrogen) atoms. The third-order valence-corrected chi connectivity index (χ3v) is 1.77. The molecule has 0 unspecified atom stereocenters. The molecule has 0 rings (SSSR count). The van der Waals surface area contributed by atoms with Crippen LogP contribution in [0.5, 0.6) is 0 Å². The average molecular weight is 139 g/mol. The van der Waals surface area contributed by atoms with Crippen LogP contribution in [0.1, 0.15) is 27.7 Å². The second kappa shape index (κ2) is 2.94. The van der Waals surface area contributed by atoms with Gasteiger partial charge in [-0.3, -0.25) is 0 Å². The Bertz CT molecular complexity index is 156. The first kappa shape index (κ1) is 9.32. The van der Waals surface area contributed by atoms with Crippen molar-refractivity contribution in [2.45, 2.75) is 33.2 Å². The fraction of sp³-hybridized carbons (Fsp3) is 0.667. The van der Waals surface area contributed by atoms with Crippen molar-refractivity contribution in [1.82, 2.24) is 4.90 Å². The second-order valence-corrected chi connectivity index (χ2v) is 3.49. The Morgan fingerprint density at radius 2 is 1.80 bits per heavy atom. The molecule has 0 saturated heterocycles. The van der Waals surface area contributed by atoms with Crippen molar-refractivity contribution in [3.8, 4) is 0 Å². The molecule has 1 nitrogen and oxygen atoms in total. The highest BCUT2D eigenvalue weighted by molar-refractivity contribution is 4.97. The molecule has 0 aromatic rings. The summed E-state index contributed by atoms with van der Waals surface area (Å²) in [7, 11) is 2.05. The molecular formula is C9H17N. The summed E-state index contributed by atoms with van der Waals surface area (Å²) in [6.45, 7) is 12.1. The lowest BCUT2D eigenvalue weighted by Crippen LogP contribution is -2.36. The maximum absolute atomic E-state index is 3.59. The maximum Gasteiger partial charge on any atom is 0.0528 e. The fourth-order valence-electron chi connectivity index (χ4n) is 0.622. The van der Waals surface area contributed by atoms with Crippen LogP contribution in [0.15, 0.2) is 18.0 Å². The van der Waals surface area contributed by atoms with Gasteiger partial charge in [0.2, 0.25) is 0 Å². The van der Waals surface area contributed by atoms with Gasteiger partial charge in [0.25, 0.3) is 0 Å².